The van der Waals surface area contributed by atoms with Gasteiger partial charge in [-0.3, -0.25) is 0 Å². The predicted octanol–water partition coefficient (Wildman–Crippen LogP) is 5.45. The van der Waals surface area contributed by atoms with Crippen LogP contribution < -0.4 is 0 Å². The van der Waals surface area contributed by atoms with Crippen LogP contribution in [0.1, 0.15) is 38.7 Å². The zero-order chi connectivity index (χ0) is 14.7. The maximum Gasteiger partial charge on any atom is 0.117 e. The summed E-state index contributed by atoms with van der Waals surface area (Å²) in [6.45, 7) is 4.73. The molecule has 110 valence electrons. The number of nitrogens with zero attached hydrogens (tertiary/aromatic N) is 2. The molecule has 0 unspecified atom stereocenters. The van der Waals surface area contributed by atoms with Crippen LogP contribution in [0.5, 0.6) is 0 Å². The van der Waals surface area contributed by atoms with Crippen LogP contribution in [0.25, 0.3) is 0 Å². The van der Waals surface area contributed by atoms with Crippen molar-refractivity contribution in [3.05, 3.63) is 47.0 Å². The maximum absolute atomic E-state index is 4.94. The summed E-state index contributed by atoms with van der Waals surface area (Å²) in [5.74, 6) is 1.25. The third kappa shape index (κ3) is 1.35. The van der Waals surface area contributed by atoms with Crippen LogP contribution in [0, 0.1) is 17.3 Å². The zero-order valence-corrected chi connectivity index (χ0v) is 14.2. The molecule has 1 aromatic rings. The molecule has 1 heterocycles. The van der Waals surface area contributed by atoms with Gasteiger partial charge in [-0.25, -0.2) is 0 Å². The van der Waals surface area contributed by atoms with Crippen molar-refractivity contribution in [1.29, 1.82) is 0 Å². The molecular formula is C18H21BrN2. The zero-order valence-electron chi connectivity index (χ0n) is 12.6. The Morgan fingerprint density at radius 1 is 1.10 bits per heavy atom. The molecule has 2 saturated carbocycles. The lowest BCUT2D eigenvalue weighted by molar-refractivity contribution is 0.164. The summed E-state index contributed by atoms with van der Waals surface area (Å²) < 4.78 is 0. The van der Waals surface area contributed by atoms with E-state index in [9.17, 15) is 0 Å². The monoisotopic (exact) mass is 344 g/mol. The molecule has 2 bridgehead atoms. The summed E-state index contributed by atoms with van der Waals surface area (Å²) in [5.41, 5.74) is 1.06. The van der Waals surface area contributed by atoms with Crippen LogP contribution >= 0.6 is 15.9 Å². The second kappa shape index (κ2) is 4.28. The third-order valence-corrected chi connectivity index (χ3v) is 6.74. The van der Waals surface area contributed by atoms with Gasteiger partial charge in [-0.05, 0) is 41.3 Å². The van der Waals surface area contributed by atoms with Crippen molar-refractivity contribution in [3.63, 3.8) is 0 Å². The van der Waals surface area contributed by atoms with E-state index in [1.54, 1.807) is 0 Å². The molecule has 0 radical (unpaired) electrons. The van der Waals surface area contributed by atoms with E-state index in [4.69, 9.17) is 10.2 Å². The van der Waals surface area contributed by atoms with Gasteiger partial charge in [0.2, 0.25) is 0 Å². The highest BCUT2D eigenvalue weighted by Gasteiger charge is 2.76. The first-order chi connectivity index (χ1) is 10.1. The summed E-state index contributed by atoms with van der Waals surface area (Å²) in [4.78, 5) is 2.00. The Morgan fingerprint density at radius 2 is 1.81 bits per heavy atom. The van der Waals surface area contributed by atoms with Crippen molar-refractivity contribution < 1.29 is 0 Å². The van der Waals surface area contributed by atoms with Crippen molar-refractivity contribution in [2.45, 2.75) is 44.2 Å². The van der Waals surface area contributed by atoms with Crippen molar-refractivity contribution >= 4 is 15.9 Å². The third-order valence-electron chi connectivity index (χ3n) is 6.48. The average molecular weight is 345 g/mol. The van der Waals surface area contributed by atoms with E-state index in [2.05, 4.69) is 66.2 Å². The van der Waals surface area contributed by atoms with E-state index < -0.39 is 0 Å². The molecule has 1 aromatic carbocycles. The molecule has 2 nitrogen and oxygen atoms in total. The summed E-state index contributed by atoms with van der Waals surface area (Å²) in [6.07, 6.45) is 6.12. The van der Waals surface area contributed by atoms with E-state index in [1.165, 1.54) is 24.8 Å². The van der Waals surface area contributed by atoms with Gasteiger partial charge in [0.15, 0.2) is 0 Å². The van der Waals surface area contributed by atoms with E-state index in [0.29, 0.717) is 11.8 Å². The fourth-order valence-corrected chi connectivity index (χ4v) is 5.97. The first kappa shape index (κ1) is 13.7. The molecule has 21 heavy (non-hydrogen) atoms. The second-order valence-corrected chi connectivity index (χ2v) is 7.75. The number of benzene rings is 1. The number of azo groups is 1. The summed E-state index contributed by atoms with van der Waals surface area (Å²) in [5, 5.41) is 9.82. The highest BCUT2D eigenvalue weighted by molar-refractivity contribution is 9.11. The Bertz CT molecular complexity index is 621. The van der Waals surface area contributed by atoms with Gasteiger partial charge in [-0.1, -0.05) is 66.5 Å². The Hall–Kier alpha value is -0.960. The molecular weight excluding hydrogens is 324 g/mol. The molecule has 0 spiro atoms. The Kier molecular flexibility index (Phi) is 2.79. The van der Waals surface area contributed by atoms with E-state index >= 15 is 0 Å². The Labute approximate surface area is 134 Å². The molecule has 0 N–H and O–H groups in total. The van der Waals surface area contributed by atoms with Crippen molar-refractivity contribution in [2.24, 2.45) is 27.5 Å². The van der Waals surface area contributed by atoms with Gasteiger partial charge in [-0.2, -0.15) is 10.2 Å². The van der Waals surface area contributed by atoms with E-state index in [-0.39, 0.29) is 16.5 Å². The number of hydrogen-bond donors (Lipinski definition) is 0. The van der Waals surface area contributed by atoms with Gasteiger partial charge in [0.05, 0.1) is 0 Å². The van der Waals surface area contributed by atoms with Crippen molar-refractivity contribution in [3.8, 4) is 0 Å². The van der Waals surface area contributed by atoms with Gasteiger partial charge in [0.1, 0.15) is 11.1 Å². The molecule has 4 atom stereocenters. The average Bonchev–Trinajstić information content (AvgIpc) is 3.09. The van der Waals surface area contributed by atoms with Gasteiger partial charge >= 0.3 is 0 Å². The van der Waals surface area contributed by atoms with Crippen LogP contribution in [-0.4, -0.2) is 5.54 Å². The number of hydrogen-bond acceptors (Lipinski definition) is 2. The Balaban J connectivity index is 1.98. The van der Waals surface area contributed by atoms with Crippen LogP contribution in [0.2, 0.25) is 0 Å². The topological polar surface area (TPSA) is 24.7 Å². The molecule has 2 aliphatic carbocycles. The van der Waals surface area contributed by atoms with Crippen LogP contribution in [0.4, 0.5) is 0 Å². The minimum Gasteiger partial charge on any atom is -0.181 e. The highest BCUT2D eigenvalue weighted by atomic mass is 79.9. The highest BCUT2D eigenvalue weighted by Crippen LogP contribution is 2.74. The van der Waals surface area contributed by atoms with E-state index in [1.807, 2.05) is 4.99 Å². The second-order valence-electron chi connectivity index (χ2n) is 7.22. The standard InChI is InChI=1S/C18H21BrN2/c1-16(2)17(11-12-19)14-9-6-10-15(14)18(16,21-20-17)13-7-4-3-5-8-13/h3-5,7-8,11-12,14-15H,6,9-10H2,1-2H3/b12-11+/t14-,15+,17-,18+/m0/s1. The summed E-state index contributed by atoms with van der Waals surface area (Å²) in [7, 11) is 0. The normalized spacial score (nSPS) is 42.8. The molecule has 4 rings (SSSR count). The lowest BCUT2D eigenvalue weighted by atomic mass is 9.63. The van der Waals surface area contributed by atoms with Gasteiger partial charge in [0.25, 0.3) is 0 Å². The molecule has 1 aliphatic heterocycles. The Morgan fingerprint density at radius 3 is 2.52 bits per heavy atom. The molecule has 0 aromatic heterocycles. The van der Waals surface area contributed by atoms with Crippen LogP contribution in [0.15, 0.2) is 51.6 Å². The fourth-order valence-electron chi connectivity index (χ4n) is 5.57. The van der Waals surface area contributed by atoms with Gasteiger partial charge in [-0.15, -0.1) is 0 Å². The maximum atomic E-state index is 4.94. The van der Waals surface area contributed by atoms with Crippen molar-refractivity contribution in [2.75, 3.05) is 0 Å². The van der Waals surface area contributed by atoms with Gasteiger partial charge in [0, 0.05) is 5.41 Å². The summed E-state index contributed by atoms with van der Waals surface area (Å²) >= 11 is 3.49. The van der Waals surface area contributed by atoms with E-state index in [0.717, 1.165) is 0 Å². The molecule has 0 saturated heterocycles. The SMILES string of the molecule is CC1(C)[C@@]2(/C=C/Br)N=N[C@]1(c1ccccc1)[C@@H]1CCC[C@@H]12. The van der Waals surface area contributed by atoms with Crippen LogP contribution in [0.3, 0.4) is 0 Å². The minimum atomic E-state index is -0.151. The summed E-state index contributed by atoms with van der Waals surface area (Å²) in [6, 6.07) is 10.9. The fraction of sp³-hybridized carbons (Fsp3) is 0.556. The number of rotatable bonds is 2. The molecule has 0 amide bonds. The molecule has 3 heteroatoms. The lowest BCUT2D eigenvalue weighted by Gasteiger charge is -2.40. The largest absolute Gasteiger partial charge is 0.181 e. The predicted molar refractivity (Wildman–Crippen MR) is 88.4 cm³/mol. The minimum absolute atomic E-state index is 0.0153. The number of halogens is 1. The smallest absolute Gasteiger partial charge is 0.117 e. The molecule has 2 fully saturated rings. The van der Waals surface area contributed by atoms with Crippen molar-refractivity contribution in [1.82, 2.24) is 0 Å². The first-order valence-electron chi connectivity index (χ1n) is 7.88. The van der Waals surface area contributed by atoms with Crippen LogP contribution in [-0.2, 0) is 5.54 Å². The first-order valence-corrected chi connectivity index (χ1v) is 8.79. The lowest BCUT2D eigenvalue weighted by Crippen LogP contribution is -2.45. The van der Waals surface area contributed by atoms with Gasteiger partial charge < -0.3 is 0 Å². The molecule has 3 aliphatic rings. The number of fused-ring (bicyclic) bond motifs is 5. The quantitative estimate of drug-likeness (QED) is 0.681.